The zero-order chi connectivity index (χ0) is 16.9. The molecule has 134 valence electrons. The Morgan fingerprint density at radius 1 is 1.42 bits per heavy atom. The maximum Gasteiger partial charge on any atom is 0.244 e. The third kappa shape index (κ3) is 4.59. The Bertz CT molecular complexity index is 697. The lowest BCUT2D eigenvalue weighted by Crippen LogP contribution is -2.52. The summed E-state index contributed by atoms with van der Waals surface area (Å²) in [6.07, 6.45) is 1.82. The van der Waals surface area contributed by atoms with Crippen LogP contribution >= 0.6 is 12.4 Å². The normalized spacial score (nSPS) is 20.2. The number of ether oxygens (including phenoxy) is 2. The Kier molecular flexibility index (Phi) is 7.45. The summed E-state index contributed by atoms with van der Waals surface area (Å²) in [7, 11) is -0.779. The molecule has 1 aliphatic rings. The highest BCUT2D eigenvalue weighted by Crippen LogP contribution is 2.26. The van der Waals surface area contributed by atoms with E-state index >= 15 is 0 Å². The van der Waals surface area contributed by atoms with E-state index in [1.165, 1.54) is 25.3 Å². The summed E-state index contributed by atoms with van der Waals surface area (Å²) >= 11 is 0. The van der Waals surface area contributed by atoms with Crippen LogP contribution in [0.2, 0.25) is 0 Å². The summed E-state index contributed by atoms with van der Waals surface area (Å²) < 4.78 is 38.1. The van der Waals surface area contributed by atoms with Crippen molar-refractivity contribution in [3.8, 4) is 11.8 Å². The summed E-state index contributed by atoms with van der Waals surface area (Å²) in [6.45, 7) is 1.50. The summed E-state index contributed by atoms with van der Waals surface area (Å²) in [6, 6.07) is 6.20. The first-order valence-corrected chi connectivity index (χ1v) is 8.76. The number of hydrogen-bond donors (Lipinski definition) is 2. The van der Waals surface area contributed by atoms with Gasteiger partial charge in [-0.05, 0) is 37.6 Å². The molecule has 1 atom stereocenters. The molecule has 0 spiro atoms. The second-order valence-electron chi connectivity index (χ2n) is 5.55. The van der Waals surface area contributed by atoms with Gasteiger partial charge in [-0.1, -0.05) is 0 Å². The van der Waals surface area contributed by atoms with E-state index in [-0.39, 0.29) is 35.1 Å². The van der Waals surface area contributed by atoms with E-state index in [1.54, 1.807) is 7.11 Å². The second kappa shape index (κ2) is 8.65. The summed E-state index contributed by atoms with van der Waals surface area (Å²) in [5, 5.41) is 12.2. The van der Waals surface area contributed by atoms with Gasteiger partial charge >= 0.3 is 0 Å². The van der Waals surface area contributed by atoms with Gasteiger partial charge in [0.25, 0.3) is 0 Å². The predicted octanol–water partition coefficient (Wildman–Crippen LogP) is 1.04. The fourth-order valence-electron chi connectivity index (χ4n) is 2.74. The number of benzene rings is 1. The average Bonchev–Trinajstić information content (AvgIpc) is 3.02. The molecule has 24 heavy (non-hydrogen) atoms. The number of nitrogens with zero attached hydrogens (tertiary/aromatic N) is 1. The van der Waals surface area contributed by atoms with Gasteiger partial charge in [-0.25, -0.2) is 13.1 Å². The molecule has 0 amide bonds. The number of rotatable bonds is 7. The zero-order valence-electron chi connectivity index (χ0n) is 13.7. The van der Waals surface area contributed by atoms with Crippen LogP contribution in [-0.4, -0.2) is 47.9 Å². The molecule has 1 aromatic carbocycles. The number of halogens is 1. The van der Waals surface area contributed by atoms with E-state index in [9.17, 15) is 8.42 Å². The van der Waals surface area contributed by atoms with E-state index in [0.29, 0.717) is 12.2 Å². The van der Waals surface area contributed by atoms with Gasteiger partial charge in [0.05, 0.1) is 30.9 Å². The number of nitriles is 1. The molecule has 2 N–H and O–H groups in total. The summed E-state index contributed by atoms with van der Waals surface area (Å²) in [5.74, 6) is 0.150. The highest BCUT2D eigenvalue weighted by atomic mass is 35.5. The zero-order valence-corrected chi connectivity index (χ0v) is 15.3. The smallest absolute Gasteiger partial charge is 0.244 e. The minimum Gasteiger partial charge on any atom is -0.495 e. The maximum absolute atomic E-state index is 12.6. The highest BCUT2D eigenvalue weighted by molar-refractivity contribution is 7.89. The summed E-state index contributed by atoms with van der Waals surface area (Å²) in [5.41, 5.74) is -0.0455. The van der Waals surface area contributed by atoms with Crippen LogP contribution in [0, 0.1) is 11.3 Å². The van der Waals surface area contributed by atoms with Crippen molar-refractivity contribution in [2.24, 2.45) is 0 Å². The predicted molar refractivity (Wildman–Crippen MR) is 92.0 cm³/mol. The molecular weight excluding hydrogens is 354 g/mol. The maximum atomic E-state index is 12.6. The number of hydrogen-bond acceptors (Lipinski definition) is 6. The lowest BCUT2D eigenvalue weighted by molar-refractivity contribution is 0.122. The van der Waals surface area contributed by atoms with E-state index in [1.807, 2.05) is 6.07 Å². The van der Waals surface area contributed by atoms with Crippen LogP contribution in [0.3, 0.4) is 0 Å². The lowest BCUT2D eigenvalue weighted by atomic mass is 9.99. The number of nitrogens with one attached hydrogen (secondary N) is 2. The SMILES string of the molecule is COCC1(CNS(=O)(=O)c2ccc(C#N)cc2OC)CCCN1.Cl. The van der Waals surface area contributed by atoms with Gasteiger partial charge in [0.1, 0.15) is 10.6 Å². The first-order chi connectivity index (χ1) is 11.0. The van der Waals surface area contributed by atoms with Crippen LogP contribution in [0.4, 0.5) is 0 Å². The van der Waals surface area contributed by atoms with Crippen molar-refractivity contribution in [1.29, 1.82) is 5.26 Å². The van der Waals surface area contributed by atoms with Crippen LogP contribution < -0.4 is 14.8 Å². The van der Waals surface area contributed by atoms with Crippen molar-refractivity contribution in [1.82, 2.24) is 10.0 Å². The molecule has 1 unspecified atom stereocenters. The fraction of sp³-hybridized carbons (Fsp3) is 0.533. The molecule has 0 aromatic heterocycles. The van der Waals surface area contributed by atoms with E-state index in [4.69, 9.17) is 14.7 Å². The van der Waals surface area contributed by atoms with Gasteiger partial charge in [-0.15, -0.1) is 12.4 Å². The molecule has 2 rings (SSSR count). The first-order valence-electron chi connectivity index (χ1n) is 7.28. The number of methoxy groups -OCH3 is 2. The van der Waals surface area contributed by atoms with Gasteiger partial charge in [-0.2, -0.15) is 5.26 Å². The van der Waals surface area contributed by atoms with Crippen molar-refractivity contribution in [2.75, 3.05) is 33.9 Å². The fourth-order valence-corrected chi connectivity index (χ4v) is 4.02. The molecule has 0 aliphatic carbocycles. The minimum absolute atomic E-state index is 0. The molecule has 1 fully saturated rings. The summed E-state index contributed by atoms with van der Waals surface area (Å²) in [4.78, 5) is 0.0181. The third-order valence-electron chi connectivity index (χ3n) is 3.94. The van der Waals surface area contributed by atoms with Crippen LogP contribution in [0.5, 0.6) is 5.75 Å². The van der Waals surface area contributed by atoms with Gasteiger partial charge in [0, 0.05) is 13.7 Å². The highest BCUT2D eigenvalue weighted by Gasteiger charge is 2.35. The second-order valence-corrected chi connectivity index (χ2v) is 7.28. The van der Waals surface area contributed by atoms with Gasteiger partial charge in [0.15, 0.2) is 0 Å². The molecule has 1 aromatic rings. The van der Waals surface area contributed by atoms with Crippen molar-refractivity contribution >= 4 is 22.4 Å². The number of sulfonamides is 1. The third-order valence-corrected chi connectivity index (χ3v) is 5.38. The quantitative estimate of drug-likeness (QED) is 0.738. The Labute approximate surface area is 148 Å². The van der Waals surface area contributed by atoms with Crippen molar-refractivity contribution < 1.29 is 17.9 Å². The first kappa shape index (κ1) is 20.7. The Hall–Kier alpha value is -1.37. The van der Waals surface area contributed by atoms with Gasteiger partial charge < -0.3 is 14.8 Å². The Balaban J connectivity index is 0.00000288. The molecule has 0 bridgehead atoms. The van der Waals surface area contributed by atoms with Crippen molar-refractivity contribution in [3.63, 3.8) is 0 Å². The van der Waals surface area contributed by atoms with Crippen molar-refractivity contribution in [3.05, 3.63) is 23.8 Å². The molecule has 1 heterocycles. The molecule has 9 heteroatoms. The van der Waals surface area contributed by atoms with Gasteiger partial charge in [-0.3, -0.25) is 0 Å². The molecule has 1 saturated heterocycles. The standard InChI is InChI=1S/C15H21N3O4S.ClH/c1-21-11-15(6-3-7-17-15)10-18-23(19,20)14-5-4-12(9-16)8-13(14)22-2;/h4-5,8,17-18H,3,6-7,10-11H2,1-2H3;1H. The lowest BCUT2D eigenvalue weighted by Gasteiger charge is -2.29. The van der Waals surface area contributed by atoms with Crippen LogP contribution in [0.1, 0.15) is 18.4 Å². The van der Waals surface area contributed by atoms with E-state index in [2.05, 4.69) is 10.0 Å². The van der Waals surface area contributed by atoms with E-state index in [0.717, 1.165) is 19.4 Å². The van der Waals surface area contributed by atoms with Crippen molar-refractivity contribution in [2.45, 2.75) is 23.3 Å². The van der Waals surface area contributed by atoms with E-state index < -0.39 is 10.0 Å². The molecule has 0 saturated carbocycles. The monoisotopic (exact) mass is 375 g/mol. The topological polar surface area (TPSA) is 100 Å². The van der Waals surface area contributed by atoms with Crippen LogP contribution in [0.25, 0.3) is 0 Å². The van der Waals surface area contributed by atoms with Crippen LogP contribution in [0.15, 0.2) is 23.1 Å². The molecule has 1 aliphatic heterocycles. The average molecular weight is 376 g/mol. The largest absolute Gasteiger partial charge is 0.495 e. The molecule has 7 nitrogen and oxygen atoms in total. The minimum atomic E-state index is -3.75. The van der Waals surface area contributed by atoms with Crippen LogP contribution in [-0.2, 0) is 14.8 Å². The Morgan fingerprint density at radius 2 is 2.17 bits per heavy atom. The molecule has 0 radical (unpaired) electrons. The molecular formula is C15H22ClN3O4S. The Morgan fingerprint density at radius 3 is 2.71 bits per heavy atom. The van der Waals surface area contributed by atoms with Gasteiger partial charge in [0.2, 0.25) is 10.0 Å².